The summed E-state index contributed by atoms with van der Waals surface area (Å²) >= 11 is 1.97. The van der Waals surface area contributed by atoms with Crippen LogP contribution in [0.4, 0.5) is 11.4 Å². The third-order valence-electron chi connectivity index (χ3n) is 18.7. The standard InChI is InChI=1S/C70H59BN4S/c1-67(2,3)41-24-26-43(27-25-41)75-59-34-51-50-33-54-55(69(6,7)31-30-68(54,4)5)37-63(50)76-62(51)35-49(59)45-28-29-46-48-32-47-44-22-16-17-23-52(44)70(8,9)53(47)36-58(48)74-60-39-61-57(38-56(60)71(75)64(45)65(46)74)72-66(40-18-12-10-13-19-40)73(61)42-20-14-11-15-21-42/h10-29,32-39H,30-31H2,1-9H3. The van der Waals surface area contributed by atoms with Crippen molar-refractivity contribution in [3.63, 3.8) is 0 Å². The molecular weight excluding hydrogens is 940 g/mol. The molecule has 0 bridgehead atoms. The Morgan fingerprint density at radius 3 is 1.93 bits per heavy atom. The van der Waals surface area contributed by atoms with E-state index < -0.39 is 0 Å². The number of imidazole rings is 1. The second-order valence-corrected chi connectivity index (χ2v) is 26.5. The van der Waals surface area contributed by atoms with E-state index in [1.54, 1.807) is 0 Å². The van der Waals surface area contributed by atoms with Crippen LogP contribution in [0.3, 0.4) is 0 Å². The van der Waals surface area contributed by atoms with Crippen molar-refractivity contribution in [1.29, 1.82) is 0 Å². The van der Waals surface area contributed by atoms with Gasteiger partial charge >= 0.3 is 6.85 Å². The van der Waals surface area contributed by atoms with E-state index in [1.807, 2.05) is 11.3 Å². The topological polar surface area (TPSA) is 26.0 Å². The lowest BCUT2D eigenvalue weighted by Gasteiger charge is -2.42. The number of hydrogen-bond donors (Lipinski definition) is 0. The molecule has 0 N–H and O–H groups in total. The van der Waals surface area contributed by atoms with Gasteiger partial charge in [-0.2, -0.15) is 0 Å². The maximum absolute atomic E-state index is 5.66. The molecule has 2 aliphatic carbocycles. The number of hydrogen-bond acceptors (Lipinski definition) is 3. The highest BCUT2D eigenvalue weighted by molar-refractivity contribution is 7.25. The minimum absolute atomic E-state index is 0.00766. The van der Waals surface area contributed by atoms with Crippen LogP contribution in [0.15, 0.2) is 170 Å². The van der Waals surface area contributed by atoms with Gasteiger partial charge in [0.15, 0.2) is 0 Å². The Hall–Kier alpha value is -7.67. The fourth-order valence-corrected chi connectivity index (χ4v) is 15.7. The molecule has 0 fully saturated rings. The van der Waals surface area contributed by atoms with Gasteiger partial charge in [-0.25, -0.2) is 4.98 Å². The number of para-hydroxylation sites is 1. The molecule has 12 aromatic rings. The van der Waals surface area contributed by atoms with E-state index in [0.717, 1.165) is 28.1 Å². The number of nitrogens with zero attached hydrogens (tertiary/aromatic N) is 4. The van der Waals surface area contributed by atoms with Crippen molar-refractivity contribution in [3.05, 3.63) is 198 Å². The third kappa shape index (κ3) is 5.89. The Labute approximate surface area is 449 Å². The SMILES string of the molecule is CC(C)(C)c1ccc(N2B3c4cc5nc(-c6ccccc6)n(-c6ccccc6)c5cc4-n4c5cc6c(cc5c5ccc(c3c54)-c3cc4sc5cc7c(cc5c4cc32)C(C)(C)CCC7(C)C)-c2ccccc2C6(C)C)cc1. The lowest BCUT2D eigenvalue weighted by atomic mass is 9.44. The Morgan fingerprint density at radius 2 is 1.18 bits per heavy atom. The highest BCUT2D eigenvalue weighted by Gasteiger charge is 2.46. The molecule has 3 aromatic heterocycles. The molecule has 76 heavy (non-hydrogen) atoms. The molecule has 4 nitrogen and oxygen atoms in total. The number of aromatic nitrogens is 3. The molecule has 9 aromatic carbocycles. The summed E-state index contributed by atoms with van der Waals surface area (Å²) in [7, 11) is 0. The molecule has 0 saturated heterocycles. The number of thiophene rings is 1. The van der Waals surface area contributed by atoms with E-state index in [1.165, 1.54) is 133 Å². The lowest BCUT2D eigenvalue weighted by Crippen LogP contribution is -2.60. The van der Waals surface area contributed by atoms with Gasteiger partial charge in [0.1, 0.15) is 5.82 Å². The van der Waals surface area contributed by atoms with Crippen LogP contribution >= 0.6 is 11.3 Å². The van der Waals surface area contributed by atoms with Crippen molar-refractivity contribution in [1.82, 2.24) is 14.1 Å². The van der Waals surface area contributed by atoms with Gasteiger partial charge in [0.05, 0.1) is 22.1 Å². The van der Waals surface area contributed by atoms with Gasteiger partial charge in [0.2, 0.25) is 0 Å². The maximum Gasteiger partial charge on any atom is 0.333 e. The first-order valence-electron chi connectivity index (χ1n) is 27.4. The molecule has 0 amide bonds. The van der Waals surface area contributed by atoms with Crippen LogP contribution < -0.4 is 15.7 Å². The molecule has 0 radical (unpaired) electrons. The molecule has 0 spiro atoms. The average Bonchev–Trinajstić information content (AvgIpc) is 4.25. The van der Waals surface area contributed by atoms with Gasteiger partial charge in [-0.3, -0.25) is 4.57 Å². The quantitative estimate of drug-likeness (QED) is 0.165. The summed E-state index contributed by atoms with van der Waals surface area (Å²) in [6.07, 6.45) is 2.39. The van der Waals surface area contributed by atoms with E-state index in [4.69, 9.17) is 4.98 Å². The molecule has 5 heterocycles. The first-order valence-corrected chi connectivity index (χ1v) is 28.3. The highest BCUT2D eigenvalue weighted by atomic mass is 32.1. The third-order valence-corrected chi connectivity index (χ3v) is 19.8. The predicted octanol–water partition coefficient (Wildman–Crippen LogP) is 17.3. The van der Waals surface area contributed by atoms with Gasteiger partial charge in [0.25, 0.3) is 0 Å². The van der Waals surface area contributed by atoms with Crippen LogP contribution in [0, 0.1) is 0 Å². The Morgan fingerprint density at radius 1 is 0.500 bits per heavy atom. The second kappa shape index (κ2) is 14.8. The highest BCUT2D eigenvalue weighted by Crippen LogP contribution is 2.55. The van der Waals surface area contributed by atoms with Crippen molar-refractivity contribution in [3.8, 4) is 45.0 Å². The maximum atomic E-state index is 5.66. The lowest BCUT2D eigenvalue weighted by molar-refractivity contribution is 0.332. The molecule has 6 heteroatoms. The van der Waals surface area contributed by atoms with Gasteiger partial charge in [-0.15, -0.1) is 11.3 Å². The minimum atomic E-state index is -0.163. The minimum Gasteiger partial charge on any atom is -0.376 e. The molecule has 2 aliphatic heterocycles. The van der Waals surface area contributed by atoms with Gasteiger partial charge in [-0.1, -0.05) is 159 Å². The van der Waals surface area contributed by atoms with Crippen molar-refractivity contribution >= 4 is 93.5 Å². The Balaban J connectivity index is 1.05. The van der Waals surface area contributed by atoms with Crippen molar-refractivity contribution in [2.24, 2.45) is 0 Å². The number of rotatable bonds is 3. The average molecular weight is 999 g/mol. The molecule has 368 valence electrons. The smallest absolute Gasteiger partial charge is 0.333 e. The summed E-state index contributed by atoms with van der Waals surface area (Å²) < 4.78 is 7.77. The zero-order valence-electron chi connectivity index (χ0n) is 44.9. The first-order chi connectivity index (χ1) is 36.5. The fourth-order valence-electron chi connectivity index (χ4n) is 14.5. The van der Waals surface area contributed by atoms with Crippen molar-refractivity contribution in [2.45, 2.75) is 96.8 Å². The summed E-state index contributed by atoms with van der Waals surface area (Å²) in [4.78, 5) is 8.38. The molecule has 0 saturated carbocycles. The Bertz CT molecular complexity index is 4520. The normalized spacial score (nSPS) is 16.4. The molecule has 16 rings (SSSR count). The summed E-state index contributed by atoms with van der Waals surface area (Å²) in [5, 5.41) is 5.30. The van der Waals surface area contributed by atoms with E-state index in [0.29, 0.717) is 0 Å². The van der Waals surface area contributed by atoms with E-state index in [-0.39, 0.29) is 28.5 Å². The van der Waals surface area contributed by atoms with Gasteiger partial charge in [-0.05, 0) is 157 Å². The summed E-state index contributed by atoms with van der Waals surface area (Å²) in [5.74, 6) is 0.936. The number of fused-ring (bicyclic) bond motifs is 16. The largest absolute Gasteiger partial charge is 0.376 e. The molecule has 0 unspecified atom stereocenters. The van der Waals surface area contributed by atoms with Gasteiger partial charge in [0, 0.05) is 70.2 Å². The van der Waals surface area contributed by atoms with Crippen molar-refractivity contribution in [2.75, 3.05) is 4.81 Å². The zero-order valence-corrected chi connectivity index (χ0v) is 45.7. The summed E-state index contributed by atoms with van der Waals surface area (Å²) in [6.45, 7) is 21.4. The van der Waals surface area contributed by atoms with Crippen LogP contribution in [0.2, 0.25) is 0 Å². The van der Waals surface area contributed by atoms with E-state index in [2.05, 4.69) is 246 Å². The van der Waals surface area contributed by atoms with Crippen LogP contribution in [0.5, 0.6) is 0 Å². The monoisotopic (exact) mass is 998 g/mol. The Kier molecular flexibility index (Phi) is 8.71. The first kappa shape index (κ1) is 44.6. The number of benzene rings is 9. The van der Waals surface area contributed by atoms with Crippen LogP contribution in [0.25, 0.3) is 98.0 Å². The molecule has 0 atom stereocenters. The zero-order chi connectivity index (χ0) is 51.5. The van der Waals surface area contributed by atoms with Crippen LogP contribution in [0.1, 0.15) is 103 Å². The van der Waals surface area contributed by atoms with E-state index in [9.17, 15) is 0 Å². The fraction of sp³-hybridized carbons (Fsp3) is 0.214. The van der Waals surface area contributed by atoms with E-state index >= 15 is 0 Å². The van der Waals surface area contributed by atoms with Gasteiger partial charge < -0.3 is 9.38 Å². The molecule has 4 aliphatic rings. The van der Waals surface area contributed by atoms with Crippen molar-refractivity contribution < 1.29 is 0 Å². The summed E-state index contributed by atoms with van der Waals surface area (Å²) in [5.41, 5.74) is 25.5. The predicted molar refractivity (Wildman–Crippen MR) is 324 cm³/mol. The van der Waals surface area contributed by atoms with Crippen LogP contribution in [-0.4, -0.2) is 21.0 Å². The second-order valence-electron chi connectivity index (χ2n) is 25.4. The summed E-state index contributed by atoms with van der Waals surface area (Å²) in [6, 6.07) is 65.4. The number of anilines is 2. The molecular formula is C70H59BN4S. The van der Waals surface area contributed by atoms with Crippen LogP contribution in [-0.2, 0) is 21.7 Å².